The predicted molar refractivity (Wildman–Crippen MR) is 83.6 cm³/mol. The second-order valence-corrected chi connectivity index (χ2v) is 7.68. The lowest BCUT2D eigenvalue weighted by molar-refractivity contribution is -0.130. The molecule has 4 nitrogen and oxygen atoms in total. The van der Waals surface area contributed by atoms with Crippen molar-refractivity contribution in [3.63, 3.8) is 0 Å². The van der Waals surface area contributed by atoms with E-state index in [4.69, 9.17) is 0 Å². The molecule has 0 N–H and O–H groups in total. The van der Waals surface area contributed by atoms with Crippen LogP contribution in [0.2, 0.25) is 0 Å². The molecule has 0 aliphatic carbocycles. The van der Waals surface area contributed by atoms with Crippen molar-refractivity contribution in [2.24, 2.45) is 0 Å². The van der Waals surface area contributed by atoms with E-state index < -0.39 is 20.9 Å². The topological polar surface area (TPSA) is 54.5 Å². The predicted octanol–water partition coefficient (Wildman–Crippen LogP) is 2.48. The van der Waals surface area contributed by atoms with E-state index in [0.717, 1.165) is 0 Å². The van der Waals surface area contributed by atoms with Gasteiger partial charge in [0.15, 0.2) is 9.84 Å². The van der Waals surface area contributed by atoms with E-state index in [-0.39, 0.29) is 30.2 Å². The van der Waals surface area contributed by atoms with Gasteiger partial charge in [0.1, 0.15) is 5.82 Å². The van der Waals surface area contributed by atoms with Crippen LogP contribution in [-0.2, 0) is 14.6 Å². The largest absolute Gasteiger partial charge is 0.342 e. The molecule has 1 aromatic rings. The molecule has 1 aliphatic heterocycles. The van der Waals surface area contributed by atoms with Crippen LogP contribution in [0.15, 0.2) is 36.9 Å². The summed E-state index contributed by atoms with van der Waals surface area (Å²) in [6, 6.07) is 5.94. The molecule has 1 fully saturated rings. The number of sulfone groups is 1. The Morgan fingerprint density at radius 2 is 2.09 bits per heavy atom. The molecular weight excluding hydrogens is 305 g/mol. The van der Waals surface area contributed by atoms with Crippen LogP contribution < -0.4 is 0 Å². The molecule has 0 bridgehead atoms. The number of rotatable bonds is 4. The first kappa shape index (κ1) is 16.7. The fourth-order valence-electron chi connectivity index (χ4n) is 2.66. The van der Waals surface area contributed by atoms with Crippen LogP contribution in [0.1, 0.15) is 30.1 Å². The normalized spacial score (nSPS) is 21.1. The number of hydrogen-bond acceptors (Lipinski definition) is 3. The quantitative estimate of drug-likeness (QED) is 0.799. The van der Waals surface area contributed by atoms with Gasteiger partial charge in [-0.1, -0.05) is 24.3 Å². The highest BCUT2D eigenvalue weighted by Crippen LogP contribution is 2.31. The number of halogens is 1. The zero-order valence-electron chi connectivity index (χ0n) is 12.4. The van der Waals surface area contributed by atoms with Crippen LogP contribution in [0.4, 0.5) is 4.39 Å². The second-order valence-electron chi connectivity index (χ2n) is 5.37. The molecule has 6 heteroatoms. The number of benzene rings is 1. The van der Waals surface area contributed by atoms with Crippen molar-refractivity contribution in [1.82, 2.24) is 4.90 Å². The van der Waals surface area contributed by atoms with Crippen molar-refractivity contribution >= 4 is 15.7 Å². The Balaban J connectivity index is 2.19. The van der Waals surface area contributed by atoms with Gasteiger partial charge in [0.2, 0.25) is 5.91 Å². The summed E-state index contributed by atoms with van der Waals surface area (Å²) in [5.74, 6) is -0.724. The van der Waals surface area contributed by atoms with Crippen LogP contribution in [0.25, 0.3) is 0 Å². The van der Waals surface area contributed by atoms with Gasteiger partial charge in [-0.2, -0.15) is 0 Å². The van der Waals surface area contributed by atoms with Crippen LogP contribution in [0, 0.1) is 5.82 Å². The highest BCUT2D eigenvalue weighted by molar-refractivity contribution is 7.91. The summed E-state index contributed by atoms with van der Waals surface area (Å²) in [6.45, 7) is 4.07. The second kappa shape index (κ2) is 7.05. The van der Waals surface area contributed by atoms with Crippen molar-refractivity contribution in [3.05, 3.63) is 48.3 Å². The van der Waals surface area contributed by atoms with E-state index in [1.165, 1.54) is 18.2 Å². The standard InChI is InChI=1S/C16H20FNO3S/c1-2-3-8-16(19)18-10-9-15(22(20,21)12-11-18)13-6-4-5-7-14(13)17/h2,4-7,15H,1,3,8-12H2. The summed E-state index contributed by atoms with van der Waals surface area (Å²) in [7, 11) is -3.48. The number of nitrogens with zero attached hydrogens (tertiary/aromatic N) is 1. The highest BCUT2D eigenvalue weighted by Gasteiger charge is 2.33. The maximum Gasteiger partial charge on any atom is 0.222 e. The Hall–Kier alpha value is -1.69. The van der Waals surface area contributed by atoms with Gasteiger partial charge in [0.05, 0.1) is 11.0 Å². The SMILES string of the molecule is C=CCCC(=O)N1CCC(c2ccccc2F)S(=O)(=O)CC1. The first-order chi connectivity index (χ1) is 10.5. The third kappa shape index (κ3) is 3.74. The molecule has 2 rings (SSSR count). The summed E-state index contributed by atoms with van der Waals surface area (Å²) in [4.78, 5) is 13.6. The van der Waals surface area contributed by atoms with E-state index in [9.17, 15) is 17.6 Å². The molecule has 0 radical (unpaired) electrons. The number of carbonyl (C=O) groups is 1. The Labute approximate surface area is 130 Å². The third-order valence-corrected chi connectivity index (χ3v) is 6.02. The number of amides is 1. The zero-order chi connectivity index (χ0) is 16.2. The van der Waals surface area contributed by atoms with E-state index in [1.807, 2.05) is 0 Å². The number of carbonyl (C=O) groups excluding carboxylic acids is 1. The van der Waals surface area contributed by atoms with Gasteiger partial charge in [-0.25, -0.2) is 12.8 Å². The molecule has 1 saturated heterocycles. The van der Waals surface area contributed by atoms with Crippen molar-refractivity contribution in [2.75, 3.05) is 18.8 Å². The average Bonchev–Trinajstić information content (AvgIpc) is 2.64. The van der Waals surface area contributed by atoms with E-state index in [1.54, 1.807) is 17.0 Å². The summed E-state index contributed by atoms with van der Waals surface area (Å²) in [5.41, 5.74) is 0.197. The van der Waals surface area contributed by atoms with Gasteiger partial charge in [-0.05, 0) is 18.9 Å². The van der Waals surface area contributed by atoms with Crippen molar-refractivity contribution in [3.8, 4) is 0 Å². The van der Waals surface area contributed by atoms with Gasteiger partial charge >= 0.3 is 0 Å². The fraction of sp³-hybridized carbons (Fsp3) is 0.438. The van der Waals surface area contributed by atoms with E-state index in [2.05, 4.69) is 6.58 Å². The molecule has 120 valence electrons. The molecule has 0 spiro atoms. The van der Waals surface area contributed by atoms with Crippen LogP contribution >= 0.6 is 0 Å². The van der Waals surface area contributed by atoms with Crippen LogP contribution in [0.5, 0.6) is 0 Å². The van der Waals surface area contributed by atoms with E-state index >= 15 is 0 Å². The molecule has 0 aromatic heterocycles. The minimum atomic E-state index is -3.48. The molecule has 1 aromatic carbocycles. The van der Waals surface area contributed by atoms with Crippen molar-refractivity contribution in [2.45, 2.75) is 24.5 Å². The molecular formula is C16H20FNO3S. The van der Waals surface area contributed by atoms with Crippen LogP contribution in [-0.4, -0.2) is 38.1 Å². The van der Waals surface area contributed by atoms with Crippen LogP contribution in [0.3, 0.4) is 0 Å². The monoisotopic (exact) mass is 325 g/mol. The number of hydrogen-bond donors (Lipinski definition) is 0. The summed E-state index contributed by atoms with van der Waals surface area (Å²) in [6.07, 6.45) is 2.78. The third-order valence-electron chi connectivity index (χ3n) is 3.91. The summed E-state index contributed by atoms with van der Waals surface area (Å²) < 4.78 is 38.7. The summed E-state index contributed by atoms with van der Waals surface area (Å²) in [5, 5.41) is -0.883. The molecule has 1 amide bonds. The van der Waals surface area contributed by atoms with Gasteiger partial charge in [0.25, 0.3) is 0 Å². The minimum Gasteiger partial charge on any atom is -0.342 e. The lowest BCUT2D eigenvalue weighted by Gasteiger charge is -2.19. The van der Waals surface area contributed by atoms with Gasteiger partial charge in [-0.15, -0.1) is 6.58 Å². The lowest BCUT2D eigenvalue weighted by atomic mass is 10.1. The average molecular weight is 325 g/mol. The maximum absolute atomic E-state index is 13.9. The molecule has 1 heterocycles. The molecule has 0 saturated carbocycles. The number of allylic oxidation sites excluding steroid dienone is 1. The lowest BCUT2D eigenvalue weighted by Crippen LogP contribution is -2.33. The molecule has 1 unspecified atom stereocenters. The summed E-state index contributed by atoms with van der Waals surface area (Å²) >= 11 is 0. The Kier molecular flexibility index (Phi) is 5.34. The highest BCUT2D eigenvalue weighted by atomic mass is 32.2. The van der Waals surface area contributed by atoms with Gasteiger partial charge in [-0.3, -0.25) is 4.79 Å². The Bertz CT molecular complexity index is 657. The van der Waals surface area contributed by atoms with Crippen molar-refractivity contribution < 1.29 is 17.6 Å². The smallest absolute Gasteiger partial charge is 0.222 e. The van der Waals surface area contributed by atoms with E-state index in [0.29, 0.717) is 19.4 Å². The molecule has 1 aliphatic rings. The first-order valence-corrected chi connectivity index (χ1v) is 9.02. The van der Waals surface area contributed by atoms with Gasteiger partial charge < -0.3 is 4.90 Å². The Morgan fingerprint density at radius 3 is 2.77 bits per heavy atom. The Morgan fingerprint density at radius 1 is 1.36 bits per heavy atom. The molecule has 22 heavy (non-hydrogen) atoms. The minimum absolute atomic E-state index is 0.0794. The zero-order valence-corrected chi connectivity index (χ0v) is 13.2. The first-order valence-electron chi connectivity index (χ1n) is 7.30. The molecule has 1 atom stereocenters. The van der Waals surface area contributed by atoms with Gasteiger partial charge in [0, 0.05) is 25.1 Å². The fourth-order valence-corrected chi connectivity index (χ4v) is 4.46. The van der Waals surface area contributed by atoms with Crippen molar-refractivity contribution in [1.29, 1.82) is 0 Å². The maximum atomic E-state index is 13.9.